The number of carbonyl (C=O) groups is 1. The van der Waals surface area contributed by atoms with Gasteiger partial charge in [-0.3, -0.25) is 4.79 Å². The van der Waals surface area contributed by atoms with Gasteiger partial charge in [0.25, 0.3) is 0 Å². The summed E-state index contributed by atoms with van der Waals surface area (Å²) in [6, 6.07) is 1.22. The van der Waals surface area contributed by atoms with Crippen LogP contribution in [0.2, 0.25) is 0 Å². The van der Waals surface area contributed by atoms with Crippen molar-refractivity contribution in [2.24, 2.45) is 5.92 Å². The van der Waals surface area contributed by atoms with E-state index in [1.54, 1.807) is 0 Å². The van der Waals surface area contributed by atoms with Crippen LogP contribution in [-0.4, -0.2) is 49.1 Å². The third kappa shape index (κ3) is 3.69. The molecule has 2 N–H and O–H groups in total. The molecule has 1 heterocycles. The van der Waals surface area contributed by atoms with Crippen molar-refractivity contribution in [3.05, 3.63) is 0 Å². The van der Waals surface area contributed by atoms with Gasteiger partial charge in [-0.1, -0.05) is 6.42 Å². The number of likely N-dealkylation sites (N-methyl/N-ethyl adjacent to an activating group) is 1. The molecule has 0 aromatic rings. The average molecular weight is 267 g/mol. The molecular weight excluding hydrogens is 238 g/mol. The fourth-order valence-electron chi connectivity index (χ4n) is 3.71. The van der Waals surface area contributed by atoms with E-state index >= 15 is 0 Å². The van der Waals surface area contributed by atoms with E-state index in [0.717, 1.165) is 19.0 Å². The monoisotopic (exact) mass is 267 g/mol. The predicted octanol–water partition coefficient (Wildman–Crippen LogP) is 1.37. The maximum atomic E-state index is 12.0. The van der Waals surface area contributed by atoms with E-state index < -0.39 is 0 Å². The SMILES string of the molecule is CCN(CC)C(=O)CNC1CCCC1C1CCCN1. The van der Waals surface area contributed by atoms with Crippen molar-refractivity contribution >= 4 is 5.91 Å². The van der Waals surface area contributed by atoms with Gasteiger partial charge in [0, 0.05) is 25.2 Å². The predicted molar refractivity (Wildman–Crippen MR) is 78.1 cm³/mol. The minimum absolute atomic E-state index is 0.245. The molecule has 0 spiro atoms. The van der Waals surface area contributed by atoms with Gasteiger partial charge in [0.05, 0.1) is 6.54 Å². The zero-order chi connectivity index (χ0) is 13.7. The van der Waals surface area contributed by atoms with Crippen LogP contribution in [0, 0.1) is 5.92 Å². The van der Waals surface area contributed by atoms with Gasteiger partial charge in [-0.05, 0) is 52.0 Å². The van der Waals surface area contributed by atoms with Crippen LogP contribution in [0.4, 0.5) is 0 Å². The van der Waals surface area contributed by atoms with Crippen molar-refractivity contribution in [1.82, 2.24) is 15.5 Å². The molecule has 1 aliphatic carbocycles. The van der Waals surface area contributed by atoms with Gasteiger partial charge in [-0.15, -0.1) is 0 Å². The molecule has 4 heteroatoms. The highest BCUT2D eigenvalue weighted by atomic mass is 16.2. The maximum Gasteiger partial charge on any atom is 0.236 e. The first-order valence-corrected chi connectivity index (χ1v) is 8.00. The third-order valence-corrected chi connectivity index (χ3v) is 4.82. The van der Waals surface area contributed by atoms with Crippen LogP contribution in [0.3, 0.4) is 0 Å². The number of carbonyl (C=O) groups excluding carboxylic acids is 1. The molecule has 1 amide bonds. The van der Waals surface area contributed by atoms with E-state index in [9.17, 15) is 4.79 Å². The summed E-state index contributed by atoms with van der Waals surface area (Å²) in [5.74, 6) is 0.974. The van der Waals surface area contributed by atoms with Crippen LogP contribution in [0.1, 0.15) is 46.0 Å². The number of hydrogen-bond acceptors (Lipinski definition) is 3. The molecule has 1 aliphatic heterocycles. The van der Waals surface area contributed by atoms with Gasteiger partial charge in [-0.2, -0.15) is 0 Å². The summed E-state index contributed by atoms with van der Waals surface area (Å²) in [7, 11) is 0. The second-order valence-electron chi connectivity index (χ2n) is 5.85. The lowest BCUT2D eigenvalue weighted by atomic mass is 9.93. The molecule has 1 saturated heterocycles. The fraction of sp³-hybridized carbons (Fsp3) is 0.933. The molecule has 3 unspecified atom stereocenters. The Kier molecular flexibility index (Phi) is 5.64. The van der Waals surface area contributed by atoms with Crippen LogP contribution in [0.25, 0.3) is 0 Å². The summed E-state index contributed by atoms with van der Waals surface area (Å²) in [6.07, 6.45) is 6.47. The van der Waals surface area contributed by atoms with Crippen molar-refractivity contribution in [1.29, 1.82) is 0 Å². The Labute approximate surface area is 117 Å². The lowest BCUT2D eigenvalue weighted by Gasteiger charge is -2.27. The molecule has 2 fully saturated rings. The van der Waals surface area contributed by atoms with E-state index in [1.165, 1.54) is 38.6 Å². The van der Waals surface area contributed by atoms with Gasteiger partial charge in [0.15, 0.2) is 0 Å². The minimum atomic E-state index is 0.245. The van der Waals surface area contributed by atoms with Gasteiger partial charge >= 0.3 is 0 Å². The Morgan fingerprint density at radius 2 is 2.00 bits per heavy atom. The van der Waals surface area contributed by atoms with E-state index in [1.807, 2.05) is 18.7 Å². The van der Waals surface area contributed by atoms with E-state index in [0.29, 0.717) is 18.6 Å². The normalized spacial score (nSPS) is 30.7. The Bertz CT molecular complexity index is 285. The van der Waals surface area contributed by atoms with Gasteiger partial charge in [0.2, 0.25) is 5.91 Å². The number of nitrogens with one attached hydrogen (secondary N) is 2. The van der Waals surface area contributed by atoms with Crippen LogP contribution in [-0.2, 0) is 4.79 Å². The van der Waals surface area contributed by atoms with Crippen molar-refractivity contribution < 1.29 is 4.79 Å². The minimum Gasteiger partial charge on any atom is -0.342 e. The van der Waals surface area contributed by atoms with Gasteiger partial charge < -0.3 is 15.5 Å². The highest BCUT2D eigenvalue weighted by molar-refractivity contribution is 5.78. The molecule has 0 aromatic carbocycles. The van der Waals surface area contributed by atoms with Crippen molar-refractivity contribution in [3.8, 4) is 0 Å². The topological polar surface area (TPSA) is 44.4 Å². The van der Waals surface area contributed by atoms with Crippen molar-refractivity contribution in [2.45, 2.75) is 58.0 Å². The quantitative estimate of drug-likeness (QED) is 0.764. The summed E-state index contributed by atoms with van der Waals surface area (Å²) < 4.78 is 0. The molecule has 0 bridgehead atoms. The summed E-state index contributed by atoms with van der Waals surface area (Å²) in [4.78, 5) is 13.9. The second kappa shape index (κ2) is 7.25. The smallest absolute Gasteiger partial charge is 0.236 e. The summed E-state index contributed by atoms with van der Waals surface area (Å²) in [5.41, 5.74) is 0. The molecule has 1 saturated carbocycles. The summed E-state index contributed by atoms with van der Waals surface area (Å²) >= 11 is 0. The number of rotatable bonds is 6. The fourth-order valence-corrected chi connectivity index (χ4v) is 3.71. The molecule has 19 heavy (non-hydrogen) atoms. The highest BCUT2D eigenvalue weighted by Crippen LogP contribution is 2.31. The second-order valence-corrected chi connectivity index (χ2v) is 5.85. The maximum absolute atomic E-state index is 12.0. The Balaban J connectivity index is 1.79. The molecule has 110 valence electrons. The average Bonchev–Trinajstić information content (AvgIpc) is 3.08. The first-order valence-electron chi connectivity index (χ1n) is 8.00. The van der Waals surface area contributed by atoms with Crippen molar-refractivity contribution in [3.63, 3.8) is 0 Å². The molecule has 0 aromatic heterocycles. The molecule has 2 rings (SSSR count). The number of hydrogen-bond donors (Lipinski definition) is 2. The van der Waals surface area contributed by atoms with Crippen LogP contribution in [0.5, 0.6) is 0 Å². The summed E-state index contributed by atoms with van der Waals surface area (Å²) in [5, 5.41) is 7.15. The Hall–Kier alpha value is -0.610. The zero-order valence-electron chi connectivity index (χ0n) is 12.5. The standard InChI is InChI=1S/C15H29N3O/c1-3-18(4-2)15(19)11-17-14-8-5-7-12(14)13-9-6-10-16-13/h12-14,16-17H,3-11H2,1-2H3. The van der Waals surface area contributed by atoms with E-state index in [-0.39, 0.29) is 5.91 Å². The highest BCUT2D eigenvalue weighted by Gasteiger charge is 2.34. The third-order valence-electron chi connectivity index (χ3n) is 4.82. The summed E-state index contributed by atoms with van der Waals surface area (Å²) in [6.45, 7) is 7.40. The first kappa shape index (κ1) is 14.8. The lowest BCUT2D eigenvalue weighted by Crippen LogP contribution is -2.46. The van der Waals surface area contributed by atoms with Crippen LogP contribution >= 0.6 is 0 Å². The largest absolute Gasteiger partial charge is 0.342 e. The molecule has 3 atom stereocenters. The molecular formula is C15H29N3O. The molecule has 4 nitrogen and oxygen atoms in total. The Morgan fingerprint density at radius 1 is 1.21 bits per heavy atom. The van der Waals surface area contributed by atoms with E-state index in [4.69, 9.17) is 0 Å². The number of nitrogens with zero attached hydrogens (tertiary/aromatic N) is 1. The molecule has 0 radical (unpaired) electrons. The lowest BCUT2D eigenvalue weighted by molar-refractivity contribution is -0.130. The van der Waals surface area contributed by atoms with Gasteiger partial charge in [0.1, 0.15) is 0 Å². The van der Waals surface area contributed by atoms with Crippen LogP contribution < -0.4 is 10.6 Å². The zero-order valence-corrected chi connectivity index (χ0v) is 12.5. The van der Waals surface area contributed by atoms with E-state index in [2.05, 4.69) is 10.6 Å². The van der Waals surface area contributed by atoms with Crippen molar-refractivity contribution in [2.75, 3.05) is 26.2 Å². The number of amides is 1. The molecule has 2 aliphatic rings. The van der Waals surface area contributed by atoms with Gasteiger partial charge in [-0.25, -0.2) is 0 Å². The first-order chi connectivity index (χ1) is 9.26. The van der Waals surface area contributed by atoms with Crippen LogP contribution in [0.15, 0.2) is 0 Å². The Morgan fingerprint density at radius 3 is 2.63 bits per heavy atom.